The zero-order valence-electron chi connectivity index (χ0n) is 24.8. The van der Waals surface area contributed by atoms with Crippen molar-refractivity contribution < 1.29 is 13.2 Å². The molecular formula is C33H40N6O3S. The van der Waals surface area contributed by atoms with Crippen LogP contribution in [0.15, 0.2) is 65.7 Å². The molecule has 0 aliphatic carbocycles. The van der Waals surface area contributed by atoms with Crippen LogP contribution in [0.4, 0.5) is 11.5 Å². The van der Waals surface area contributed by atoms with Crippen LogP contribution in [0.2, 0.25) is 0 Å². The number of rotatable bonds is 11. The minimum absolute atomic E-state index is 0.00864. The van der Waals surface area contributed by atoms with E-state index >= 15 is 0 Å². The molecule has 0 unspecified atom stereocenters. The fraction of sp³-hybridized carbons (Fsp3) is 0.424. The number of aromatic amines is 1. The summed E-state index contributed by atoms with van der Waals surface area (Å²) in [6.07, 6.45) is 7.65. The lowest BCUT2D eigenvalue weighted by molar-refractivity contribution is -0.119. The number of H-pyrrole nitrogens is 1. The van der Waals surface area contributed by atoms with Gasteiger partial charge in [0.1, 0.15) is 11.3 Å². The smallest absolute Gasteiger partial charge is 0.180 e. The molecule has 0 saturated carbocycles. The lowest BCUT2D eigenvalue weighted by atomic mass is 10.0. The summed E-state index contributed by atoms with van der Waals surface area (Å²) in [5, 5.41) is 3.25. The van der Waals surface area contributed by atoms with E-state index in [4.69, 9.17) is 9.97 Å². The van der Waals surface area contributed by atoms with Gasteiger partial charge in [0.15, 0.2) is 21.4 Å². The Bertz CT molecular complexity index is 1690. The van der Waals surface area contributed by atoms with Gasteiger partial charge in [-0.1, -0.05) is 43.3 Å². The molecule has 2 aromatic heterocycles. The molecule has 2 aliphatic heterocycles. The topological polar surface area (TPSA) is 111 Å². The van der Waals surface area contributed by atoms with Gasteiger partial charge in [-0.15, -0.1) is 0 Å². The van der Waals surface area contributed by atoms with Crippen LogP contribution in [0.25, 0.3) is 11.0 Å². The van der Waals surface area contributed by atoms with Gasteiger partial charge in [-0.3, -0.25) is 9.69 Å². The van der Waals surface area contributed by atoms with Crippen LogP contribution < -0.4 is 5.32 Å². The van der Waals surface area contributed by atoms with E-state index in [9.17, 15) is 13.2 Å². The SMILES string of the molecule is CCS(=O)(=O)c1ccccc1Nc1nc(Cc2cccc(CC(=O)CN3CCC(N4CCCC4)CC3)c2)nc2cc[nH]c12. The molecule has 0 spiro atoms. The highest BCUT2D eigenvalue weighted by Crippen LogP contribution is 2.29. The monoisotopic (exact) mass is 600 g/mol. The zero-order valence-corrected chi connectivity index (χ0v) is 25.6. The first-order chi connectivity index (χ1) is 20.9. The van der Waals surface area contributed by atoms with Crippen LogP contribution in [0.5, 0.6) is 0 Å². The molecule has 2 aromatic carbocycles. The van der Waals surface area contributed by atoms with Gasteiger partial charge in [0.25, 0.3) is 0 Å². The van der Waals surface area contributed by atoms with Crippen LogP contribution in [0, 0.1) is 0 Å². The summed E-state index contributed by atoms with van der Waals surface area (Å²) in [6.45, 7) is 6.61. The lowest BCUT2D eigenvalue weighted by Gasteiger charge is -2.36. The Balaban J connectivity index is 1.12. The number of hydrogen-bond donors (Lipinski definition) is 2. The Morgan fingerprint density at radius 1 is 0.977 bits per heavy atom. The van der Waals surface area contributed by atoms with Crippen molar-refractivity contribution >= 4 is 38.2 Å². The third-order valence-corrected chi connectivity index (χ3v) is 10.5. The second-order valence-corrected chi connectivity index (χ2v) is 14.0. The molecule has 2 saturated heterocycles. The number of Topliss-reactive ketones (excluding diaryl/α,β-unsaturated/α-hetero) is 1. The van der Waals surface area contributed by atoms with Crippen molar-refractivity contribution in [1.82, 2.24) is 24.8 Å². The lowest BCUT2D eigenvalue weighted by Crippen LogP contribution is -2.45. The summed E-state index contributed by atoms with van der Waals surface area (Å²) in [4.78, 5) is 30.9. The number of sulfone groups is 1. The van der Waals surface area contributed by atoms with Crippen LogP contribution >= 0.6 is 0 Å². The maximum Gasteiger partial charge on any atom is 0.180 e. The minimum atomic E-state index is -3.43. The molecule has 4 aromatic rings. The molecule has 4 heterocycles. The zero-order chi connectivity index (χ0) is 29.8. The van der Waals surface area contributed by atoms with Gasteiger partial charge in [-0.2, -0.15) is 0 Å². The number of para-hydroxylation sites is 1. The average molecular weight is 601 g/mol. The predicted molar refractivity (Wildman–Crippen MR) is 170 cm³/mol. The Hall–Kier alpha value is -3.60. The first-order valence-corrected chi connectivity index (χ1v) is 17.0. The fourth-order valence-corrected chi connectivity index (χ4v) is 7.45. The van der Waals surface area contributed by atoms with Gasteiger partial charge in [0.2, 0.25) is 0 Å². The molecule has 43 heavy (non-hydrogen) atoms. The molecule has 10 heteroatoms. The van der Waals surface area contributed by atoms with Crippen molar-refractivity contribution in [2.24, 2.45) is 0 Å². The summed E-state index contributed by atoms with van der Waals surface area (Å²) >= 11 is 0. The van der Waals surface area contributed by atoms with Crippen molar-refractivity contribution in [2.45, 2.75) is 56.4 Å². The van der Waals surface area contributed by atoms with E-state index in [-0.39, 0.29) is 16.4 Å². The molecule has 2 N–H and O–H groups in total. The van der Waals surface area contributed by atoms with E-state index in [1.807, 2.05) is 24.3 Å². The number of piperidine rings is 1. The Morgan fingerprint density at radius 3 is 2.53 bits per heavy atom. The summed E-state index contributed by atoms with van der Waals surface area (Å²) in [5.41, 5.74) is 3.94. The highest BCUT2D eigenvalue weighted by atomic mass is 32.2. The fourth-order valence-electron chi connectivity index (χ4n) is 6.40. The van der Waals surface area contributed by atoms with Gasteiger partial charge in [-0.05, 0) is 68.1 Å². The normalized spacial score (nSPS) is 17.0. The molecule has 9 nitrogen and oxygen atoms in total. The predicted octanol–water partition coefficient (Wildman–Crippen LogP) is 4.76. The number of aromatic nitrogens is 3. The summed E-state index contributed by atoms with van der Waals surface area (Å²) in [5.74, 6) is 1.38. The maximum absolute atomic E-state index is 13.0. The van der Waals surface area contributed by atoms with Gasteiger partial charge in [-0.25, -0.2) is 18.4 Å². The second kappa shape index (κ2) is 13.0. The molecule has 2 fully saturated rings. The van der Waals surface area contributed by atoms with Gasteiger partial charge >= 0.3 is 0 Å². The van der Waals surface area contributed by atoms with Crippen LogP contribution in [0.1, 0.15) is 49.6 Å². The second-order valence-electron chi connectivity index (χ2n) is 11.7. The number of ketones is 1. The molecule has 6 rings (SSSR count). The number of carbonyl (C=O) groups is 1. The van der Waals surface area contributed by atoms with Gasteiger partial charge in [0, 0.05) is 38.2 Å². The van der Waals surface area contributed by atoms with Crippen molar-refractivity contribution in [2.75, 3.05) is 43.8 Å². The van der Waals surface area contributed by atoms with Crippen LogP contribution in [-0.2, 0) is 27.5 Å². The molecular weight excluding hydrogens is 560 g/mol. The van der Waals surface area contributed by atoms with Crippen LogP contribution in [0.3, 0.4) is 0 Å². The standard InChI is InChI=1S/C33H40N6O3S/c1-2-43(41,42)30-11-4-3-10-28(30)36-33-32-29(12-15-34-32)35-31(37-33)22-25-9-7-8-24(20-25)21-27(40)23-38-18-13-26(14-19-38)39-16-5-6-17-39/h3-4,7-12,15,20,26,34H,2,5-6,13-14,16-19,21-23H2,1H3,(H,35,36,37). The first kappa shape index (κ1) is 29.5. The maximum atomic E-state index is 13.0. The van der Waals surface area contributed by atoms with E-state index in [2.05, 4.69) is 26.2 Å². The number of nitrogens with zero attached hydrogens (tertiary/aromatic N) is 4. The van der Waals surface area contributed by atoms with Crippen molar-refractivity contribution in [3.63, 3.8) is 0 Å². The molecule has 226 valence electrons. The molecule has 0 bridgehead atoms. The number of likely N-dealkylation sites (tertiary alicyclic amines) is 2. The first-order valence-electron chi connectivity index (χ1n) is 15.4. The van der Waals surface area contributed by atoms with Gasteiger partial charge in [0.05, 0.1) is 28.4 Å². The summed E-state index contributed by atoms with van der Waals surface area (Å²) in [7, 11) is -3.43. The average Bonchev–Trinajstić information content (AvgIpc) is 3.71. The minimum Gasteiger partial charge on any atom is -0.357 e. The number of benzene rings is 2. The number of anilines is 2. The van der Waals surface area contributed by atoms with Crippen molar-refractivity contribution in [3.05, 3.63) is 77.7 Å². The Kier molecular flexibility index (Phi) is 8.88. The summed E-state index contributed by atoms with van der Waals surface area (Å²) in [6, 6.07) is 17.5. The molecule has 2 aliphatic rings. The van der Waals surface area contributed by atoms with E-state index in [1.54, 1.807) is 37.4 Å². The number of fused-ring (bicyclic) bond motifs is 1. The Morgan fingerprint density at radius 2 is 1.74 bits per heavy atom. The molecule has 0 radical (unpaired) electrons. The van der Waals surface area contributed by atoms with E-state index in [0.717, 1.165) is 42.6 Å². The highest BCUT2D eigenvalue weighted by Gasteiger charge is 2.27. The third kappa shape index (κ3) is 6.98. The van der Waals surface area contributed by atoms with E-state index in [1.165, 1.54) is 25.9 Å². The number of hydrogen-bond acceptors (Lipinski definition) is 8. The van der Waals surface area contributed by atoms with Crippen molar-refractivity contribution in [1.29, 1.82) is 0 Å². The largest absolute Gasteiger partial charge is 0.357 e. The summed E-state index contributed by atoms with van der Waals surface area (Å²) < 4.78 is 25.4. The quantitative estimate of drug-likeness (QED) is 0.254. The molecule has 0 amide bonds. The van der Waals surface area contributed by atoms with Crippen LogP contribution in [-0.4, -0.2) is 83.5 Å². The number of carbonyl (C=O) groups excluding carboxylic acids is 1. The van der Waals surface area contributed by atoms with E-state index < -0.39 is 9.84 Å². The highest BCUT2D eigenvalue weighted by molar-refractivity contribution is 7.91. The third-order valence-electron chi connectivity index (χ3n) is 8.68. The molecule has 0 atom stereocenters. The van der Waals surface area contributed by atoms with Gasteiger partial charge < -0.3 is 15.2 Å². The van der Waals surface area contributed by atoms with E-state index in [0.29, 0.717) is 48.3 Å². The number of nitrogens with one attached hydrogen (secondary N) is 2. The Labute approximate surface area is 253 Å². The van der Waals surface area contributed by atoms with Crippen molar-refractivity contribution in [3.8, 4) is 0 Å².